The predicted molar refractivity (Wildman–Crippen MR) is 135 cm³/mol. The van der Waals surface area contributed by atoms with Gasteiger partial charge in [0.1, 0.15) is 18.6 Å². The van der Waals surface area contributed by atoms with Crippen LogP contribution in [0.25, 0.3) is 11.2 Å². The van der Waals surface area contributed by atoms with Crippen LogP contribution in [0.2, 0.25) is 12.1 Å². The molecule has 0 bridgehead atoms. The number of hydrogen-bond acceptors (Lipinski definition) is 6. The summed E-state index contributed by atoms with van der Waals surface area (Å²) < 4.78 is 22.3. The van der Waals surface area contributed by atoms with Crippen LogP contribution in [-0.4, -0.2) is 46.1 Å². The molecule has 1 aliphatic carbocycles. The Morgan fingerprint density at radius 3 is 2.65 bits per heavy atom. The van der Waals surface area contributed by atoms with Crippen LogP contribution in [0, 0.1) is 12.7 Å². The quantitative estimate of drug-likeness (QED) is 0.441. The summed E-state index contributed by atoms with van der Waals surface area (Å²) in [5.41, 5.74) is 2.75. The van der Waals surface area contributed by atoms with Crippen molar-refractivity contribution >= 4 is 36.0 Å². The molecule has 9 heteroatoms. The first-order valence-corrected chi connectivity index (χ1v) is 12.6. The number of benzene rings is 1. The maximum Gasteiger partial charge on any atom is 0.224 e. The second-order valence-corrected chi connectivity index (χ2v) is 9.51. The van der Waals surface area contributed by atoms with Crippen molar-refractivity contribution < 1.29 is 9.13 Å². The van der Waals surface area contributed by atoms with E-state index in [1.807, 2.05) is 13.0 Å². The Morgan fingerprint density at radius 1 is 1.12 bits per heavy atom. The molecule has 179 valence electrons. The first kappa shape index (κ1) is 23.1. The van der Waals surface area contributed by atoms with Gasteiger partial charge in [-0.2, -0.15) is 4.98 Å². The standard InChI is InChI=1S/C25H33BFN6O/c1-3-26-17-7-9-18(10-8-17)29-24-28-15-21-23(32-24)33(19-11-13-34-14-12-19)25(30-21)31-22-16(2)5-4-6-20(22)27/h4-6,15,17-19H,3,7-14H2,1-2H3,(H,30,31)(H,28,29,32). The highest BCUT2D eigenvalue weighted by Crippen LogP contribution is 2.34. The van der Waals surface area contributed by atoms with E-state index in [0.717, 1.165) is 49.0 Å². The predicted octanol–water partition coefficient (Wildman–Crippen LogP) is 5.65. The topological polar surface area (TPSA) is 76.9 Å². The molecule has 2 aliphatic rings. The lowest BCUT2D eigenvalue weighted by atomic mass is 9.57. The molecule has 0 unspecified atom stereocenters. The van der Waals surface area contributed by atoms with E-state index in [-0.39, 0.29) is 11.9 Å². The lowest BCUT2D eigenvalue weighted by molar-refractivity contribution is 0.0710. The Hall–Kier alpha value is -2.68. The molecule has 5 rings (SSSR count). The molecule has 0 amide bonds. The second kappa shape index (κ2) is 10.3. The molecule has 0 atom stereocenters. The smallest absolute Gasteiger partial charge is 0.224 e. The van der Waals surface area contributed by atoms with Gasteiger partial charge in [-0.05, 0) is 44.2 Å². The number of aryl methyl sites for hydroxylation is 1. The minimum Gasteiger partial charge on any atom is -0.381 e. The van der Waals surface area contributed by atoms with E-state index in [0.29, 0.717) is 42.4 Å². The maximum atomic E-state index is 14.6. The SMILES string of the molecule is CC[B]C1CCC(Nc2ncc3nc(Nc4c(C)cccc4F)n(C4CCOCC4)c3n2)CC1. The van der Waals surface area contributed by atoms with E-state index in [9.17, 15) is 4.39 Å². The lowest BCUT2D eigenvalue weighted by Gasteiger charge is -2.29. The van der Waals surface area contributed by atoms with Crippen LogP contribution in [0.5, 0.6) is 0 Å². The van der Waals surface area contributed by atoms with Gasteiger partial charge < -0.3 is 15.4 Å². The number of nitrogens with one attached hydrogen (secondary N) is 2. The van der Waals surface area contributed by atoms with Gasteiger partial charge in [0.15, 0.2) is 5.65 Å². The molecule has 1 saturated heterocycles. The number of halogens is 1. The number of nitrogens with zero attached hydrogens (tertiary/aromatic N) is 4. The molecular weight excluding hydrogens is 430 g/mol. The molecule has 3 heterocycles. The van der Waals surface area contributed by atoms with Crippen molar-refractivity contribution in [2.24, 2.45) is 0 Å². The van der Waals surface area contributed by atoms with Gasteiger partial charge in [0.2, 0.25) is 11.9 Å². The van der Waals surface area contributed by atoms with Gasteiger partial charge in [-0.1, -0.05) is 44.0 Å². The Morgan fingerprint density at radius 2 is 1.91 bits per heavy atom. The van der Waals surface area contributed by atoms with E-state index < -0.39 is 0 Å². The number of anilines is 3. The van der Waals surface area contributed by atoms with Crippen molar-refractivity contribution in [3.63, 3.8) is 0 Å². The number of hydrogen-bond donors (Lipinski definition) is 2. The molecule has 3 aromatic rings. The summed E-state index contributed by atoms with van der Waals surface area (Å²) in [7, 11) is 2.44. The van der Waals surface area contributed by atoms with Crippen molar-refractivity contribution in [3.8, 4) is 0 Å². The maximum absolute atomic E-state index is 14.6. The van der Waals surface area contributed by atoms with Gasteiger partial charge in [0.25, 0.3) is 0 Å². The molecule has 2 fully saturated rings. The Labute approximate surface area is 201 Å². The fraction of sp³-hybridized carbons (Fsp3) is 0.560. The van der Waals surface area contributed by atoms with E-state index >= 15 is 0 Å². The average Bonchev–Trinajstić information content (AvgIpc) is 3.21. The van der Waals surface area contributed by atoms with Gasteiger partial charge in [-0.15, -0.1) is 0 Å². The van der Waals surface area contributed by atoms with Gasteiger partial charge in [0, 0.05) is 25.3 Å². The molecule has 1 radical (unpaired) electrons. The third kappa shape index (κ3) is 4.90. The highest BCUT2D eigenvalue weighted by Gasteiger charge is 2.25. The number of rotatable bonds is 7. The molecular formula is C25H33BFN6O. The van der Waals surface area contributed by atoms with Crippen molar-refractivity contribution in [3.05, 3.63) is 35.8 Å². The minimum absolute atomic E-state index is 0.177. The highest BCUT2D eigenvalue weighted by molar-refractivity contribution is 6.37. The summed E-state index contributed by atoms with van der Waals surface area (Å²) in [4.78, 5) is 14.2. The highest BCUT2D eigenvalue weighted by atomic mass is 19.1. The molecule has 1 saturated carbocycles. The first-order chi connectivity index (χ1) is 16.6. The van der Waals surface area contributed by atoms with E-state index in [4.69, 9.17) is 14.7 Å². The summed E-state index contributed by atoms with van der Waals surface area (Å²) >= 11 is 0. The van der Waals surface area contributed by atoms with Crippen molar-refractivity contribution in [1.29, 1.82) is 0 Å². The van der Waals surface area contributed by atoms with Crippen molar-refractivity contribution in [1.82, 2.24) is 19.5 Å². The monoisotopic (exact) mass is 463 g/mol. The minimum atomic E-state index is -0.296. The summed E-state index contributed by atoms with van der Waals surface area (Å²) in [5.74, 6) is 1.67. The molecule has 2 aromatic heterocycles. The third-order valence-electron chi connectivity index (χ3n) is 7.12. The third-order valence-corrected chi connectivity index (χ3v) is 7.12. The van der Waals surface area contributed by atoms with Crippen LogP contribution in [0.15, 0.2) is 24.4 Å². The zero-order valence-electron chi connectivity index (χ0n) is 20.1. The molecule has 1 aromatic carbocycles. The van der Waals surface area contributed by atoms with Crippen LogP contribution < -0.4 is 10.6 Å². The van der Waals surface area contributed by atoms with E-state index in [1.165, 1.54) is 18.9 Å². The normalized spacial score (nSPS) is 21.5. The van der Waals surface area contributed by atoms with Crippen LogP contribution >= 0.6 is 0 Å². The summed E-state index contributed by atoms with van der Waals surface area (Å²) in [6.07, 6.45) is 9.32. The van der Waals surface area contributed by atoms with Crippen LogP contribution in [0.4, 0.5) is 22.0 Å². The van der Waals surface area contributed by atoms with Gasteiger partial charge in [-0.3, -0.25) is 4.57 Å². The lowest BCUT2D eigenvalue weighted by Crippen LogP contribution is -2.27. The summed E-state index contributed by atoms with van der Waals surface area (Å²) in [6, 6.07) is 5.63. The fourth-order valence-corrected chi connectivity index (χ4v) is 5.26. The number of imidazole rings is 1. The van der Waals surface area contributed by atoms with E-state index in [1.54, 1.807) is 12.3 Å². The Kier molecular flexibility index (Phi) is 6.99. The zero-order chi connectivity index (χ0) is 23.5. The molecule has 2 N–H and O–H groups in total. The molecule has 1 aliphatic heterocycles. The first-order valence-electron chi connectivity index (χ1n) is 12.6. The Balaban J connectivity index is 1.44. The second-order valence-electron chi connectivity index (χ2n) is 9.51. The number of ether oxygens (including phenoxy) is 1. The molecule has 7 nitrogen and oxygen atoms in total. The molecule has 0 spiro atoms. The van der Waals surface area contributed by atoms with E-state index in [2.05, 4.69) is 34.4 Å². The van der Waals surface area contributed by atoms with Gasteiger partial charge >= 0.3 is 0 Å². The fourth-order valence-electron chi connectivity index (χ4n) is 5.26. The van der Waals surface area contributed by atoms with Crippen LogP contribution in [-0.2, 0) is 4.74 Å². The number of para-hydroxylation sites is 1. The average molecular weight is 463 g/mol. The number of fused-ring (bicyclic) bond motifs is 1. The number of aromatic nitrogens is 4. The zero-order valence-corrected chi connectivity index (χ0v) is 20.1. The van der Waals surface area contributed by atoms with Gasteiger partial charge in [0.05, 0.1) is 11.9 Å². The summed E-state index contributed by atoms with van der Waals surface area (Å²) in [5, 5.41) is 6.82. The summed E-state index contributed by atoms with van der Waals surface area (Å²) in [6.45, 7) is 5.49. The van der Waals surface area contributed by atoms with Gasteiger partial charge in [-0.25, -0.2) is 14.4 Å². The van der Waals surface area contributed by atoms with Crippen LogP contribution in [0.1, 0.15) is 57.1 Å². The van der Waals surface area contributed by atoms with Crippen LogP contribution in [0.3, 0.4) is 0 Å². The Bertz CT molecular complexity index is 1100. The van der Waals surface area contributed by atoms with Crippen molar-refractivity contribution in [2.75, 3.05) is 23.8 Å². The largest absolute Gasteiger partial charge is 0.381 e. The van der Waals surface area contributed by atoms with Crippen molar-refractivity contribution in [2.45, 2.75) is 76.6 Å². The molecule has 34 heavy (non-hydrogen) atoms.